The van der Waals surface area contributed by atoms with Crippen molar-refractivity contribution in [3.8, 4) is 5.75 Å². The molecule has 4 aromatic carbocycles. The van der Waals surface area contributed by atoms with Crippen LogP contribution in [0.5, 0.6) is 5.75 Å². The number of carbonyl (C=O) groups is 2. The van der Waals surface area contributed by atoms with E-state index in [1.165, 1.54) is 0 Å². The molecule has 2 amide bonds. The molecule has 6 heteroatoms. The Balaban J connectivity index is 1.10. The van der Waals surface area contributed by atoms with Crippen LogP contribution in [0.3, 0.4) is 0 Å². The number of fused-ring (bicyclic) bond motifs is 1. The fourth-order valence-corrected chi connectivity index (χ4v) is 4.41. The van der Waals surface area contributed by atoms with Gasteiger partial charge in [0.2, 0.25) is 0 Å². The van der Waals surface area contributed by atoms with Crippen LogP contribution in [0.1, 0.15) is 15.9 Å². The number of amides is 2. The standard InChI is InChI=1S/C30H29N3O3/c1-22-6-8-24(9-7-22)30(35)33-18-16-32(17-19-33)27-13-11-26(12-14-27)31-29(34)21-36-28-15-10-23-4-2-3-5-25(23)20-28/h2-15,20H,16-19,21H2,1H3,(H,31,34). The van der Waals surface area contributed by atoms with Crippen molar-refractivity contribution in [1.29, 1.82) is 0 Å². The lowest BCUT2D eigenvalue weighted by molar-refractivity contribution is -0.118. The van der Waals surface area contributed by atoms with E-state index in [1.54, 1.807) is 0 Å². The summed E-state index contributed by atoms with van der Waals surface area (Å²) in [7, 11) is 0. The van der Waals surface area contributed by atoms with Gasteiger partial charge in [-0.05, 0) is 66.2 Å². The van der Waals surface area contributed by atoms with Crippen LogP contribution in [0.25, 0.3) is 10.8 Å². The van der Waals surface area contributed by atoms with Gasteiger partial charge in [0.15, 0.2) is 6.61 Å². The average molecular weight is 480 g/mol. The van der Waals surface area contributed by atoms with Crippen LogP contribution in [0.2, 0.25) is 0 Å². The summed E-state index contributed by atoms with van der Waals surface area (Å²) >= 11 is 0. The number of hydrogen-bond acceptors (Lipinski definition) is 4. The fourth-order valence-electron chi connectivity index (χ4n) is 4.41. The topological polar surface area (TPSA) is 61.9 Å². The van der Waals surface area contributed by atoms with E-state index in [-0.39, 0.29) is 18.4 Å². The van der Waals surface area contributed by atoms with Gasteiger partial charge in [-0.2, -0.15) is 0 Å². The normalized spacial score (nSPS) is 13.5. The second-order valence-corrected chi connectivity index (χ2v) is 9.04. The van der Waals surface area contributed by atoms with Crippen molar-refractivity contribution in [3.63, 3.8) is 0 Å². The maximum atomic E-state index is 12.8. The molecule has 0 aliphatic carbocycles. The molecule has 1 fully saturated rings. The van der Waals surface area contributed by atoms with Crippen LogP contribution in [-0.4, -0.2) is 49.5 Å². The third-order valence-electron chi connectivity index (χ3n) is 6.47. The monoisotopic (exact) mass is 479 g/mol. The van der Waals surface area contributed by atoms with Crippen LogP contribution in [0.4, 0.5) is 11.4 Å². The van der Waals surface area contributed by atoms with Crippen molar-refractivity contribution in [3.05, 3.63) is 102 Å². The largest absolute Gasteiger partial charge is 0.484 e. The molecule has 0 radical (unpaired) electrons. The van der Waals surface area contributed by atoms with Gasteiger partial charge in [0.25, 0.3) is 11.8 Å². The maximum Gasteiger partial charge on any atom is 0.262 e. The number of piperazine rings is 1. The highest BCUT2D eigenvalue weighted by Crippen LogP contribution is 2.22. The number of carbonyl (C=O) groups excluding carboxylic acids is 2. The molecule has 0 unspecified atom stereocenters. The summed E-state index contributed by atoms with van der Waals surface area (Å²) in [6.07, 6.45) is 0. The molecule has 0 atom stereocenters. The molecule has 6 nitrogen and oxygen atoms in total. The van der Waals surface area contributed by atoms with Crippen LogP contribution >= 0.6 is 0 Å². The SMILES string of the molecule is Cc1ccc(C(=O)N2CCN(c3ccc(NC(=O)COc4ccc5ccccc5c4)cc3)CC2)cc1. The zero-order valence-corrected chi connectivity index (χ0v) is 20.3. The van der Waals surface area contributed by atoms with Crippen molar-refractivity contribution < 1.29 is 14.3 Å². The van der Waals surface area contributed by atoms with E-state index in [9.17, 15) is 9.59 Å². The van der Waals surface area contributed by atoms with Crippen molar-refractivity contribution in [2.45, 2.75) is 6.92 Å². The molecule has 0 saturated carbocycles. The Morgan fingerprint density at radius 1 is 0.806 bits per heavy atom. The molecular weight excluding hydrogens is 450 g/mol. The Morgan fingerprint density at radius 3 is 2.22 bits per heavy atom. The Kier molecular flexibility index (Phi) is 6.85. The molecule has 1 N–H and O–H groups in total. The van der Waals surface area contributed by atoms with Gasteiger partial charge in [-0.1, -0.05) is 48.0 Å². The molecular formula is C30H29N3O3. The summed E-state index contributed by atoms with van der Waals surface area (Å²) in [6, 6.07) is 29.3. The molecule has 0 spiro atoms. The molecule has 1 saturated heterocycles. The van der Waals surface area contributed by atoms with Crippen molar-refractivity contribution in [2.75, 3.05) is 43.0 Å². The second-order valence-electron chi connectivity index (χ2n) is 9.04. The Hall–Kier alpha value is -4.32. The van der Waals surface area contributed by atoms with Gasteiger partial charge >= 0.3 is 0 Å². The first kappa shape index (κ1) is 23.4. The first-order valence-electron chi connectivity index (χ1n) is 12.2. The van der Waals surface area contributed by atoms with E-state index in [1.807, 2.05) is 103 Å². The highest BCUT2D eigenvalue weighted by molar-refractivity contribution is 5.94. The Morgan fingerprint density at radius 2 is 1.50 bits per heavy atom. The first-order chi connectivity index (χ1) is 17.5. The molecule has 182 valence electrons. The number of benzene rings is 4. The summed E-state index contributed by atoms with van der Waals surface area (Å²) in [5, 5.41) is 5.10. The molecule has 1 heterocycles. The predicted octanol–water partition coefficient (Wildman–Crippen LogP) is 5.13. The molecule has 0 aromatic heterocycles. The van der Waals surface area contributed by atoms with E-state index in [2.05, 4.69) is 10.2 Å². The highest BCUT2D eigenvalue weighted by Gasteiger charge is 2.22. The van der Waals surface area contributed by atoms with Gasteiger partial charge < -0.3 is 19.9 Å². The van der Waals surface area contributed by atoms with Crippen LogP contribution < -0.4 is 15.0 Å². The lowest BCUT2D eigenvalue weighted by Gasteiger charge is -2.36. The van der Waals surface area contributed by atoms with Crippen molar-refractivity contribution in [2.24, 2.45) is 0 Å². The number of nitrogens with zero attached hydrogens (tertiary/aromatic N) is 2. The number of anilines is 2. The smallest absolute Gasteiger partial charge is 0.262 e. The summed E-state index contributed by atoms with van der Waals surface area (Å²) in [5.74, 6) is 0.539. The Bertz CT molecular complexity index is 1360. The molecule has 36 heavy (non-hydrogen) atoms. The zero-order valence-electron chi connectivity index (χ0n) is 20.3. The summed E-state index contributed by atoms with van der Waals surface area (Å²) < 4.78 is 5.68. The molecule has 1 aliphatic heterocycles. The van der Waals surface area contributed by atoms with Crippen molar-refractivity contribution >= 4 is 34.0 Å². The van der Waals surface area contributed by atoms with E-state index < -0.39 is 0 Å². The van der Waals surface area contributed by atoms with Crippen LogP contribution in [-0.2, 0) is 4.79 Å². The number of hydrogen-bond donors (Lipinski definition) is 1. The van der Waals surface area contributed by atoms with Crippen LogP contribution in [0, 0.1) is 6.92 Å². The lowest BCUT2D eigenvalue weighted by Crippen LogP contribution is -2.48. The molecule has 4 aromatic rings. The number of nitrogens with one attached hydrogen (secondary N) is 1. The summed E-state index contributed by atoms with van der Waals surface area (Å²) in [5.41, 5.74) is 3.68. The highest BCUT2D eigenvalue weighted by atomic mass is 16.5. The zero-order chi connectivity index (χ0) is 24.9. The predicted molar refractivity (Wildman–Crippen MR) is 144 cm³/mol. The number of ether oxygens (including phenoxy) is 1. The van der Waals surface area contributed by atoms with Gasteiger partial charge in [0, 0.05) is 43.1 Å². The third kappa shape index (κ3) is 5.49. The second kappa shape index (κ2) is 10.5. The third-order valence-corrected chi connectivity index (χ3v) is 6.47. The van der Waals surface area contributed by atoms with Gasteiger partial charge in [-0.3, -0.25) is 9.59 Å². The number of aryl methyl sites for hydroxylation is 1. The fraction of sp³-hybridized carbons (Fsp3) is 0.200. The minimum absolute atomic E-state index is 0.0585. The van der Waals surface area contributed by atoms with E-state index in [0.29, 0.717) is 18.8 Å². The molecule has 1 aliphatic rings. The molecule has 5 rings (SSSR count). The summed E-state index contributed by atoms with van der Waals surface area (Å²) in [6.45, 7) is 4.85. The minimum atomic E-state index is -0.209. The van der Waals surface area contributed by atoms with Gasteiger partial charge in [0.05, 0.1) is 0 Å². The maximum absolute atomic E-state index is 12.8. The minimum Gasteiger partial charge on any atom is -0.484 e. The number of rotatable bonds is 6. The lowest BCUT2D eigenvalue weighted by atomic mass is 10.1. The Labute approximate surface area is 211 Å². The average Bonchev–Trinajstić information content (AvgIpc) is 2.92. The molecule has 0 bridgehead atoms. The quantitative estimate of drug-likeness (QED) is 0.417. The van der Waals surface area contributed by atoms with Gasteiger partial charge in [-0.25, -0.2) is 0 Å². The van der Waals surface area contributed by atoms with Gasteiger partial charge in [0.1, 0.15) is 5.75 Å². The van der Waals surface area contributed by atoms with E-state index in [4.69, 9.17) is 4.74 Å². The van der Waals surface area contributed by atoms with E-state index >= 15 is 0 Å². The van der Waals surface area contributed by atoms with E-state index in [0.717, 1.165) is 46.4 Å². The summed E-state index contributed by atoms with van der Waals surface area (Å²) in [4.78, 5) is 29.3. The van der Waals surface area contributed by atoms with Crippen LogP contribution in [0.15, 0.2) is 91.0 Å². The van der Waals surface area contributed by atoms with Gasteiger partial charge in [-0.15, -0.1) is 0 Å². The van der Waals surface area contributed by atoms with Crippen molar-refractivity contribution in [1.82, 2.24) is 4.90 Å². The first-order valence-corrected chi connectivity index (χ1v) is 12.2.